The summed E-state index contributed by atoms with van der Waals surface area (Å²) < 4.78 is 31.7. The summed E-state index contributed by atoms with van der Waals surface area (Å²) in [6.45, 7) is 0. The first-order valence-corrected chi connectivity index (χ1v) is 11.0. The number of benzene rings is 2. The van der Waals surface area contributed by atoms with Crippen molar-refractivity contribution >= 4 is 35.1 Å². The second kappa shape index (κ2) is 10.8. The summed E-state index contributed by atoms with van der Waals surface area (Å²) in [6.07, 6.45) is -2.64. The van der Waals surface area contributed by atoms with Crippen molar-refractivity contribution in [2.45, 2.75) is 18.5 Å². The highest BCUT2D eigenvalue weighted by atomic mass is 32.1. The van der Waals surface area contributed by atoms with Gasteiger partial charge in [0.1, 0.15) is 10.9 Å². The molecule has 0 radical (unpaired) electrons. The van der Waals surface area contributed by atoms with E-state index in [4.69, 9.17) is 21.0 Å². The first-order chi connectivity index (χ1) is 16.6. The zero-order chi connectivity index (χ0) is 25.6. The van der Waals surface area contributed by atoms with Crippen molar-refractivity contribution in [1.29, 1.82) is 5.26 Å². The largest absolute Gasteiger partial charge is 0.490 e. The Morgan fingerprint density at radius 1 is 1.20 bits per heavy atom. The van der Waals surface area contributed by atoms with Gasteiger partial charge in [-0.25, -0.2) is 4.79 Å². The Labute approximate surface area is 202 Å². The van der Waals surface area contributed by atoms with Crippen LogP contribution in [-0.2, 0) is 9.59 Å². The molecule has 11 heteroatoms. The summed E-state index contributed by atoms with van der Waals surface area (Å²) in [4.78, 5) is 22.2. The number of anilines is 1. The van der Waals surface area contributed by atoms with E-state index in [0.717, 1.165) is 34.4 Å². The number of alkyl halides is 3. The number of hydrogen-bond acceptors (Lipinski definition) is 6. The molecule has 4 N–H and O–H groups in total. The van der Waals surface area contributed by atoms with Crippen LogP contribution in [0.1, 0.15) is 28.3 Å². The monoisotopic (exact) mass is 500 g/mol. The molecular weight excluding hydrogens is 481 g/mol. The van der Waals surface area contributed by atoms with Crippen molar-refractivity contribution < 1.29 is 27.9 Å². The molecule has 1 aliphatic rings. The third-order valence-electron chi connectivity index (χ3n) is 5.16. The van der Waals surface area contributed by atoms with E-state index in [2.05, 4.69) is 16.5 Å². The van der Waals surface area contributed by atoms with E-state index < -0.39 is 12.1 Å². The lowest BCUT2D eigenvalue weighted by molar-refractivity contribution is -0.192. The number of nitriles is 1. The topological polar surface area (TPSA) is 129 Å². The Hall–Kier alpha value is -4.17. The van der Waals surface area contributed by atoms with Crippen LogP contribution in [0.5, 0.6) is 0 Å². The van der Waals surface area contributed by atoms with Gasteiger partial charge >= 0.3 is 12.1 Å². The highest BCUT2D eigenvalue weighted by molar-refractivity contribution is 7.11. The molecule has 2 atom stereocenters. The van der Waals surface area contributed by atoms with Gasteiger partial charge in [-0.1, -0.05) is 30.3 Å². The van der Waals surface area contributed by atoms with Crippen LogP contribution in [0, 0.1) is 17.2 Å². The number of nitrogens with two attached hydrogens (primary N) is 1. The Morgan fingerprint density at radius 2 is 1.89 bits per heavy atom. The first kappa shape index (κ1) is 25.5. The van der Waals surface area contributed by atoms with Gasteiger partial charge in [-0.2, -0.15) is 23.5 Å². The molecule has 0 saturated heterocycles. The number of nitrogens with zero attached hydrogens (tertiary/aromatic N) is 2. The number of aliphatic carboxylic acids is 1. The van der Waals surface area contributed by atoms with Gasteiger partial charge < -0.3 is 16.3 Å². The van der Waals surface area contributed by atoms with Crippen molar-refractivity contribution in [3.8, 4) is 17.2 Å². The van der Waals surface area contributed by atoms with Gasteiger partial charge in [-0.3, -0.25) is 4.79 Å². The van der Waals surface area contributed by atoms with Gasteiger partial charge in [0.05, 0.1) is 6.21 Å². The number of amides is 1. The zero-order valence-corrected chi connectivity index (χ0v) is 18.8. The summed E-state index contributed by atoms with van der Waals surface area (Å²) in [7, 11) is 0. The summed E-state index contributed by atoms with van der Waals surface area (Å²) in [5.74, 6) is 2.70. The summed E-state index contributed by atoms with van der Waals surface area (Å²) in [6, 6.07) is 19.7. The molecule has 1 aromatic heterocycles. The summed E-state index contributed by atoms with van der Waals surface area (Å²) >= 11 is 1.43. The lowest BCUT2D eigenvalue weighted by Gasteiger charge is -2.07. The fraction of sp³-hybridized carbons (Fsp3) is 0.167. The predicted octanol–water partition coefficient (Wildman–Crippen LogP) is 4.95. The second-order valence-corrected chi connectivity index (χ2v) is 8.46. The van der Waals surface area contributed by atoms with Crippen molar-refractivity contribution in [3.63, 3.8) is 0 Å². The number of carbonyl (C=O) groups excluding carboxylic acids is 1. The van der Waals surface area contributed by atoms with Crippen molar-refractivity contribution in [1.82, 2.24) is 0 Å². The fourth-order valence-corrected chi connectivity index (χ4v) is 4.11. The van der Waals surface area contributed by atoms with E-state index in [1.807, 2.05) is 60.0 Å². The number of hydrogen-bond donors (Lipinski definition) is 3. The van der Waals surface area contributed by atoms with Gasteiger partial charge in [-0.05, 0) is 58.7 Å². The number of carboxylic acids is 1. The first-order valence-electron chi connectivity index (χ1n) is 10.2. The van der Waals surface area contributed by atoms with Gasteiger partial charge in [-0.15, -0.1) is 11.3 Å². The molecule has 1 fully saturated rings. The third-order valence-corrected chi connectivity index (χ3v) is 5.98. The average molecular weight is 501 g/mol. The number of thiophene rings is 1. The molecule has 7 nitrogen and oxygen atoms in total. The molecule has 4 rings (SSSR count). The standard InChI is InChI=1S/C22H18N4OS.C2HF3O2/c23-12-21-18(8-9-28-21)15-4-6-17(7-5-15)26-22(27)20-11-19(20)16-3-1-2-14(10-16)13-25-24;3-2(4,5)1(6)7/h1-10,13,19-20H,11,24H2,(H,26,27);(H,6,7)/t19-,20-;/m1./s1. The summed E-state index contributed by atoms with van der Waals surface area (Å²) in [5, 5.41) is 24.7. The zero-order valence-electron chi connectivity index (χ0n) is 18.0. The predicted molar refractivity (Wildman–Crippen MR) is 126 cm³/mol. The van der Waals surface area contributed by atoms with Crippen LogP contribution in [0.3, 0.4) is 0 Å². The maximum Gasteiger partial charge on any atom is 0.490 e. The van der Waals surface area contributed by atoms with Gasteiger partial charge in [0.25, 0.3) is 0 Å². The summed E-state index contributed by atoms with van der Waals surface area (Å²) in [5.41, 5.74) is 4.73. The molecule has 3 aromatic rings. The Kier molecular flexibility index (Phi) is 7.88. The van der Waals surface area contributed by atoms with Crippen LogP contribution in [0.25, 0.3) is 11.1 Å². The van der Waals surface area contributed by atoms with E-state index in [0.29, 0.717) is 4.88 Å². The maximum atomic E-state index is 12.6. The van der Waals surface area contributed by atoms with Crippen LogP contribution in [0.4, 0.5) is 18.9 Å². The minimum atomic E-state index is -5.08. The number of hydrazone groups is 1. The van der Waals surface area contributed by atoms with Gasteiger partial charge in [0.15, 0.2) is 0 Å². The fourth-order valence-electron chi connectivity index (χ4n) is 3.40. The smallest absolute Gasteiger partial charge is 0.475 e. The third kappa shape index (κ3) is 6.68. The number of carboxylic acid groups (broad SMARTS) is 1. The SMILES string of the molecule is N#Cc1sccc1-c1ccc(NC(=O)[C@@H]2C[C@@H]2c2cccc(C=NN)c2)cc1.O=C(O)C(F)(F)F. The molecule has 1 amide bonds. The Morgan fingerprint density at radius 3 is 2.49 bits per heavy atom. The molecule has 35 heavy (non-hydrogen) atoms. The Balaban J connectivity index is 0.000000429. The number of nitrogens with one attached hydrogen (secondary N) is 1. The molecule has 0 unspecified atom stereocenters. The molecule has 1 heterocycles. The molecule has 180 valence electrons. The Bertz CT molecular complexity index is 1280. The van der Waals surface area contributed by atoms with E-state index in [9.17, 15) is 18.0 Å². The number of rotatable bonds is 5. The minimum Gasteiger partial charge on any atom is -0.475 e. The maximum absolute atomic E-state index is 12.6. The van der Waals surface area contributed by atoms with E-state index in [1.165, 1.54) is 11.3 Å². The molecule has 0 aliphatic heterocycles. The van der Waals surface area contributed by atoms with Gasteiger partial charge in [0, 0.05) is 17.2 Å². The lowest BCUT2D eigenvalue weighted by Crippen LogP contribution is -2.21. The highest BCUT2D eigenvalue weighted by Gasteiger charge is 2.44. The van der Waals surface area contributed by atoms with Gasteiger partial charge in [0.2, 0.25) is 5.91 Å². The van der Waals surface area contributed by atoms with Crippen molar-refractivity contribution in [2.75, 3.05) is 5.32 Å². The molecular formula is C24H19F3N4O3S. The molecule has 1 aliphatic carbocycles. The van der Waals surface area contributed by atoms with Crippen molar-refractivity contribution in [2.24, 2.45) is 16.9 Å². The van der Waals surface area contributed by atoms with Crippen LogP contribution in [-0.4, -0.2) is 29.4 Å². The van der Waals surface area contributed by atoms with E-state index in [-0.39, 0.29) is 17.7 Å². The van der Waals surface area contributed by atoms with E-state index in [1.54, 1.807) is 6.21 Å². The quantitative estimate of drug-likeness (QED) is 0.259. The minimum absolute atomic E-state index is 0.0215. The van der Waals surface area contributed by atoms with Crippen LogP contribution < -0.4 is 11.2 Å². The van der Waals surface area contributed by atoms with E-state index >= 15 is 0 Å². The number of carbonyl (C=O) groups is 2. The van der Waals surface area contributed by atoms with Crippen LogP contribution in [0.15, 0.2) is 65.1 Å². The van der Waals surface area contributed by atoms with Crippen LogP contribution >= 0.6 is 11.3 Å². The molecule has 1 saturated carbocycles. The average Bonchev–Trinajstić information content (AvgIpc) is 3.49. The molecule has 2 aromatic carbocycles. The molecule has 0 bridgehead atoms. The number of halogens is 3. The molecule has 0 spiro atoms. The second-order valence-electron chi connectivity index (χ2n) is 7.54. The lowest BCUT2D eigenvalue weighted by atomic mass is 10.1. The highest BCUT2D eigenvalue weighted by Crippen LogP contribution is 2.48. The van der Waals surface area contributed by atoms with Crippen LogP contribution in [0.2, 0.25) is 0 Å². The normalized spacial score (nSPS) is 16.6. The van der Waals surface area contributed by atoms with Crippen molar-refractivity contribution in [3.05, 3.63) is 76.0 Å².